The number of amides is 2. The molecule has 3 rings (SSSR count). The molecule has 0 aromatic carbocycles. The van der Waals surface area contributed by atoms with E-state index in [1.165, 1.54) is 0 Å². The Morgan fingerprint density at radius 3 is 2.78 bits per heavy atom. The summed E-state index contributed by atoms with van der Waals surface area (Å²) in [4.78, 5) is 18.4. The molecule has 1 saturated heterocycles. The number of piperidine rings is 1. The average molecular weight is 314 g/mol. The van der Waals surface area contributed by atoms with Gasteiger partial charge in [0.1, 0.15) is 12.2 Å². The third-order valence-corrected chi connectivity index (χ3v) is 4.42. The summed E-state index contributed by atoms with van der Waals surface area (Å²) in [5, 5.41) is 11.2. The Kier molecular flexibility index (Phi) is 4.55. The number of aryl methyl sites for hydroxylation is 1. The zero-order chi connectivity index (χ0) is 16.2. The van der Waals surface area contributed by atoms with Crippen LogP contribution in [-0.4, -0.2) is 43.8 Å². The van der Waals surface area contributed by atoms with Gasteiger partial charge in [-0.3, -0.25) is 4.98 Å². The number of aromatic nitrogens is 4. The molecule has 23 heavy (non-hydrogen) atoms. The first-order chi connectivity index (χ1) is 11.1. The van der Waals surface area contributed by atoms with Gasteiger partial charge in [0.25, 0.3) is 0 Å². The summed E-state index contributed by atoms with van der Waals surface area (Å²) < 4.78 is 1.96. The van der Waals surface area contributed by atoms with Crippen LogP contribution in [0.4, 0.5) is 4.79 Å². The lowest BCUT2D eigenvalue weighted by Gasteiger charge is -2.32. The first-order valence-electron chi connectivity index (χ1n) is 7.94. The van der Waals surface area contributed by atoms with Gasteiger partial charge in [0, 0.05) is 38.4 Å². The number of carbonyl (C=O) groups excluding carboxylic acids is 1. The molecule has 1 fully saturated rings. The number of urea groups is 1. The van der Waals surface area contributed by atoms with Crippen LogP contribution in [0.5, 0.6) is 0 Å². The Morgan fingerprint density at radius 2 is 2.17 bits per heavy atom. The van der Waals surface area contributed by atoms with Crippen molar-refractivity contribution >= 4 is 6.03 Å². The fraction of sp³-hybridized carbons (Fsp3) is 0.500. The monoisotopic (exact) mass is 314 g/mol. The molecule has 7 heteroatoms. The van der Waals surface area contributed by atoms with Gasteiger partial charge in [-0.05, 0) is 31.4 Å². The molecule has 1 N–H and O–H groups in total. The molecular formula is C16H22N6O. The van der Waals surface area contributed by atoms with Crippen LogP contribution >= 0.6 is 0 Å². The van der Waals surface area contributed by atoms with Crippen LogP contribution in [-0.2, 0) is 7.05 Å². The molecule has 1 unspecified atom stereocenters. The van der Waals surface area contributed by atoms with Crippen LogP contribution in [0, 0.1) is 0 Å². The molecule has 1 atom stereocenters. The van der Waals surface area contributed by atoms with Gasteiger partial charge in [-0.25, -0.2) is 4.79 Å². The van der Waals surface area contributed by atoms with Crippen molar-refractivity contribution in [3.8, 4) is 0 Å². The number of pyridine rings is 1. The molecule has 3 heterocycles. The van der Waals surface area contributed by atoms with Crippen molar-refractivity contribution in [1.29, 1.82) is 0 Å². The topological polar surface area (TPSA) is 75.9 Å². The summed E-state index contributed by atoms with van der Waals surface area (Å²) in [5.41, 5.74) is 1.01. The Balaban J connectivity index is 1.53. The number of carbonyl (C=O) groups is 1. The van der Waals surface area contributed by atoms with E-state index in [9.17, 15) is 4.79 Å². The SMILES string of the molecule is CC(NC(=O)N1CCC(c2nncn2C)CC1)c1cccnc1. The fourth-order valence-electron chi connectivity index (χ4n) is 2.99. The van der Waals surface area contributed by atoms with Crippen molar-refractivity contribution in [2.45, 2.75) is 31.7 Å². The van der Waals surface area contributed by atoms with Gasteiger partial charge in [-0.2, -0.15) is 0 Å². The van der Waals surface area contributed by atoms with Crippen molar-refractivity contribution in [2.24, 2.45) is 7.05 Å². The highest BCUT2D eigenvalue weighted by Crippen LogP contribution is 2.26. The summed E-state index contributed by atoms with van der Waals surface area (Å²) in [7, 11) is 1.96. The Labute approximate surface area is 135 Å². The first-order valence-corrected chi connectivity index (χ1v) is 7.94. The minimum Gasteiger partial charge on any atom is -0.331 e. The van der Waals surface area contributed by atoms with Gasteiger partial charge in [0.15, 0.2) is 0 Å². The van der Waals surface area contributed by atoms with Gasteiger partial charge in [-0.1, -0.05) is 6.07 Å². The number of hydrogen-bond donors (Lipinski definition) is 1. The third-order valence-electron chi connectivity index (χ3n) is 4.42. The molecule has 0 radical (unpaired) electrons. The van der Waals surface area contributed by atoms with Crippen molar-refractivity contribution < 1.29 is 4.79 Å². The molecule has 2 amide bonds. The lowest BCUT2D eigenvalue weighted by atomic mass is 9.96. The van der Waals surface area contributed by atoms with Crippen LogP contribution in [0.1, 0.15) is 43.1 Å². The molecule has 0 saturated carbocycles. The number of nitrogens with zero attached hydrogens (tertiary/aromatic N) is 5. The maximum absolute atomic E-state index is 12.4. The van der Waals surface area contributed by atoms with E-state index < -0.39 is 0 Å². The smallest absolute Gasteiger partial charge is 0.317 e. The van der Waals surface area contributed by atoms with Gasteiger partial charge in [0.05, 0.1) is 6.04 Å². The zero-order valence-corrected chi connectivity index (χ0v) is 13.5. The standard InChI is InChI=1S/C16H22N6O/c1-12(14-4-3-7-17-10-14)19-16(23)22-8-5-13(6-9-22)15-20-18-11-21(15)2/h3-4,7,10-13H,5-6,8-9H2,1-2H3,(H,19,23). The summed E-state index contributed by atoms with van der Waals surface area (Å²) in [6.07, 6.45) is 7.08. The van der Waals surface area contributed by atoms with Crippen LogP contribution < -0.4 is 5.32 Å². The molecule has 2 aromatic heterocycles. The molecule has 1 aliphatic rings. The van der Waals surface area contributed by atoms with Crippen molar-refractivity contribution in [2.75, 3.05) is 13.1 Å². The zero-order valence-electron chi connectivity index (χ0n) is 13.5. The van der Waals surface area contributed by atoms with Crippen LogP contribution in [0.2, 0.25) is 0 Å². The molecule has 7 nitrogen and oxygen atoms in total. The lowest BCUT2D eigenvalue weighted by molar-refractivity contribution is 0.177. The summed E-state index contributed by atoms with van der Waals surface area (Å²) in [6.45, 7) is 3.45. The van der Waals surface area contributed by atoms with Crippen molar-refractivity contribution in [3.05, 3.63) is 42.2 Å². The minimum atomic E-state index is -0.0485. The number of hydrogen-bond acceptors (Lipinski definition) is 4. The molecule has 122 valence electrons. The van der Waals surface area contributed by atoms with E-state index >= 15 is 0 Å². The third kappa shape index (κ3) is 3.49. The predicted octanol–water partition coefficient (Wildman–Crippen LogP) is 1.86. The predicted molar refractivity (Wildman–Crippen MR) is 85.7 cm³/mol. The minimum absolute atomic E-state index is 0.0160. The van der Waals surface area contributed by atoms with Gasteiger partial charge in [0.2, 0.25) is 0 Å². The van der Waals surface area contributed by atoms with E-state index in [-0.39, 0.29) is 12.1 Å². The average Bonchev–Trinajstić information content (AvgIpc) is 3.02. The van der Waals surface area contributed by atoms with Gasteiger partial charge < -0.3 is 14.8 Å². The number of nitrogens with one attached hydrogen (secondary N) is 1. The second-order valence-corrected chi connectivity index (χ2v) is 6.02. The molecule has 0 bridgehead atoms. The number of rotatable bonds is 3. The molecular weight excluding hydrogens is 292 g/mol. The first kappa shape index (κ1) is 15.5. The quantitative estimate of drug-likeness (QED) is 0.938. The van der Waals surface area contributed by atoms with Crippen molar-refractivity contribution in [1.82, 2.24) is 30.0 Å². The Bertz CT molecular complexity index is 648. The van der Waals surface area contributed by atoms with E-state index in [4.69, 9.17) is 0 Å². The van der Waals surface area contributed by atoms with Crippen molar-refractivity contribution in [3.63, 3.8) is 0 Å². The summed E-state index contributed by atoms with van der Waals surface area (Å²) in [6, 6.07) is 3.79. The molecule has 2 aromatic rings. The highest BCUT2D eigenvalue weighted by molar-refractivity contribution is 5.74. The maximum Gasteiger partial charge on any atom is 0.317 e. The second-order valence-electron chi connectivity index (χ2n) is 6.02. The molecule has 0 aliphatic carbocycles. The largest absolute Gasteiger partial charge is 0.331 e. The number of likely N-dealkylation sites (tertiary alicyclic amines) is 1. The second kappa shape index (κ2) is 6.76. The highest BCUT2D eigenvalue weighted by atomic mass is 16.2. The van der Waals surface area contributed by atoms with Gasteiger partial charge >= 0.3 is 6.03 Å². The van der Waals surface area contributed by atoms with E-state index in [1.807, 2.05) is 35.6 Å². The summed E-state index contributed by atoms with van der Waals surface area (Å²) >= 11 is 0. The lowest BCUT2D eigenvalue weighted by Crippen LogP contribution is -2.45. The van der Waals surface area contributed by atoms with E-state index in [0.717, 1.165) is 37.3 Å². The normalized spacial score (nSPS) is 17.0. The fourth-order valence-corrected chi connectivity index (χ4v) is 2.99. The summed E-state index contributed by atoms with van der Waals surface area (Å²) in [5.74, 6) is 1.39. The van der Waals surface area contributed by atoms with Crippen LogP contribution in [0.25, 0.3) is 0 Å². The Hall–Kier alpha value is -2.44. The van der Waals surface area contributed by atoms with E-state index in [1.54, 1.807) is 18.7 Å². The van der Waals surface area contributed by atoms with E-state index in [0.29, 0.717) is 5.92 Å². The van der Waals surface area contributed by atoms with Crippen LogP contribution in [0.15, 0.2) is 30.9 Å². The Morgan fingerprint density at radius 1 is 1.39 bits per heavy atom. The van der Waals surface area contributed by atoms with Crippen LogP contribution in [0.3, 0.4) is 0 Å². The highest BCUT2D eigenvalue weighted by Gasteiger charge is 2.26. The molecule has 1 aliphatic heterocycles. The maximum atomic E-state index is 12.4. The molecule has 0 spiro atoms. The van der Waals surface area contributed by atoms with Gasteiger partial charge in [-0.15, -0.1) is 10.2 Å². The van der Waals surface area contributed by atoms with E-state index in [2.05, 4.69) is 20.5 Å².